The van der Waals surface area contributed by atoms with Crippen molar-refractivity contribution < 1.29 is 9.47 Å². The highest BCUT2D eigenvalue weighted by Crippen LogP contribution is 2.31. The molecule has 1 fully saturated rings. The Balaban J connectivity index is 1.92. The molecule has 0 aromatic heterocycles. The molecule has 25 heavy (non-hydrogen) atoms. The first-order valence-corrected chi connectivity index (χ1v) is 9.46. The summed E-state index contributed by atoms with van der Waals surface area (Å²) in [5, 5.41) is 6.75. The van der Waals surface area contributed by atoms with E-state index in [1.807, 2.05) is 0 Å². The Labute approximate surface area is 152 Å². The molecule has 1 aromatic rings. The zero-order chi connectivity index (χ0) is 17.9. The fraction of sp³-hybridized carbons (Fsp3) is 0.650. The number of methoxy groups -OCH3 is 1. The summed E-state index contributed by atoms with van der Waals surface area (Å²) in [4.78, 5) is 4.73. The number of guanidine groups is 1. The van der Waals surface area contributed by atoms with Crippen LogP contribution in [0, 0.1) is 12.8 Å². The molecule has 0 amide bonds. The highest BCUT2D eigenvalue weighted by Gasteiger charge is 2.20. The van der Waals surface area contributed by atoms with Crippen molar-refractivity contribution in [1.82, 2.24) is 10.6 Å². The van der Waals surface area contributed by atoms with Crippen LogP contribution in [0.25, 0.3) is 0 Å². The standard InChI is InChI=1S/C20H33N3O2/c1-4-21-20(22-11-10-17-7-8-17)23-15-18-9-6-16(2)14-19(18)25-13-5-12-24-3/h6,9,14,17H,4-5,7-8,10-13,15H2,1-3H3,(H2,21,22,23). The number of aryl methyl sites for hydroxylation is 1. The zero-order valence-corrected chi connectivity index (χ0v) is 15.9. The molecule has 2 rings (SSSR count). The van der Waals surface area contributed by atoms with E-state index in [4.69, 9.17) is 14.5 Å². The van der Waals surface area contributed by atoms with Gasteiger partial charge in [-0.15, -0.1) is 0 Å². The van der Waals surface area contributed by atoms with Gasteiger partial charge >= 0.3 is 0 Å². The number of nitrogens with one attached hydrogen (secondary N) is 2. The second kappa shape index (κ2) is 11.0. The molecule has 0 saturated heterocycles. The molecule has 0 spiro atoms. The maximum absolute atomic E-state index is 5.94. The molecule has 2 N–H and O–H groups in total. The Bertz CT molecular complexity index is 542. The highest BCUT2D eigenvalue weighted by molar-refractivity contribution is 5.79. The molecule has 0 heterocycles. The van der Waals surface area contributed by atoms with E-state index < -0.39 is 0 Å². The van der Waals surface area contributed by atoms with Crippen LogP contribution in [0.3, 0.4) is 0 Å². The second-order valence-corrected chi connectivity index (χ2v) is 6.66. The molecule has 0 aliphatic heterocycles. The predicted octanol–water partition coefficient (Wildman–Crippen LogP) is 3.27. The fourth-order valence-electron chi connectivity index (χ4n) is 2.62. The van der Waals surface area contributed by atoms with Crippen LogP contribution < -0.4 is 15.4 Å². The van der Waals surface area contributed by atoms with Crippen LogP contribution in [-0.4, -0.2) is 39.4 Å². The van der Waals surface area contributed by atoms with E-state index >= 15 is 0 Å². The first-order valence-electron chi connectivity index (χ1n) is 9.46. The van der Waals surface area contributed by atoms with Gasteiger partial charge in [-0.3, -0.25) is 0 Å². The maximum Gasteiger partial charge on any atom is 0.191 e. The number of rotatable bonds is 11. The number of ether oxygens (including phenoxy) is 2. The van der Waals surface area contributed by atoms with Crippen molar-refractivity contribution in [1.29, 1.82) is 0 Å². The minimum absolute atomic E-state index is 0.610. The summed E-state index contributed by atoms with van der Waals surface area (Å²) in [7, 11) is 1.71. The lowest BCUT2D eigenvalue weighted by molar-refractivity contribution is 0.172. The van der Waals surface area contributed by atoms with Crippen LogP contribution in [0.15, 0.2) is 23.2 Å². The van der Waals surface area contributed by atoms with Crippen LogP contribution in [0.2, 0.25) is 0 Å². The molecule has 1 aliphatic rings. The molecule has 0 radical (unpaired) electrons. The summed E-state index contributed by atoms with van der Waals surface area (Å²) in [6, 6.07) is 6.31. The van der Waals surface area contributed by atoms with Crippen molar-refractivity contribution >= 4 is 5.96 Å². The Morgan fingerprint density at radius 2 is 2.08 bits per heavy atom. The van der Waals surface area contributed by atoms with Crippen molar-refractivity contribution in [3.8, 4) is 5.75 Å². The minimum Gasteiger partial charge on any atom is -0.493 e. The van der Waals surface area contributed by atoms with Crippen LogP contribution in [0.4, 0.5) is 0 Å². The molecule has 1 aliphatic carbocycles. The molecule has 0 unspecified atom stereocenters. The third kappa shape index (κ3) is 7.78. The Kier molecular flexibility index (Phi) is 8.60. The van der Waals surface area contributed by atoms with Crippen molar-refractivity contribution in [2.45, 2.75) is 46.1 Å². The van der Waals surface area contributed by atoms with Gasteiger partial charge in [0.1, 0.15) is 5.75 Å². The molecule has 0 bridgehead atoms. The van der Waals surface area contributed by atoms with E-state index in [9.17, 15) is 0 Å². The fourth-order valence-corrected chi connectivity index (χ4v) is 2.62. The van der Waals surface area contributed by atoms with Crippen LogP contribution >= 0.6 is 0 Å². The third-order valence-electron chi connectivity index (χ3n) is 4.27. The summed E-state index contributed by atoms with van der Waals surface area (Å²) in [6.07, 6.45) is 4.91. The van der Waals surface area contributed by atoms with Gasteiger partial charge in [-0.05, 0) is 37.8 Å². The van der Waals surface area contributed by atoms with E-state index in [-0.39, 0.29) is 0 Å². The summed E-state index contributed by atoms with van der Waals surface area (Å²) in [5.41, 5.74) is 2.31. The van der Waals surface area contributed by atoms with Gasteiger partial charge in [0, 0.05) is 38.8 Å². The van der Waals surface area contributed by atoms with Gasteiger partial charge in [-0.1, -0.05) is 25.0 Å². The molecule has 1 saturated carbocycles. The third-order valence-corrected chi connectivity index (χ3v) is 4.27. The van der Waals surface area contributed by atoms with Gasteiger partial charge in [0.05, 0.1) is 13.2 Å². The van der Waals surface area contributed by atoms with E-state index in [0.717, 1.165) is 49.3 Å². The van der Waals surface area contributed by atoms with Crippen molar-refractivity contribution in [3.63, 3.8) is 0 Å². The van der Waals surface area contributed by atoms with Crippen LogP contribution in [-0.2, 0) is 11.3 Å². The smallest absolute Gasteiger partial charge is 0.191 e. The largest absolute Gasteiger partial charge is 0.493 e. The SMILES string of the molecule is CCNC(=NCc1ccc(C)cc1OCCCOC)NCCC1CC1. The molecular weight excluding hydrogens is 314 g/mol. The van der Waals surface area contributed by atoms with Crippen molar-refractivity contribution in [2.24, 2.45) is 10.9 Å². The normalized spacial score (nSPS) is 14.4. The Morgan fingerprint density at radius 3 is 2.80 bits per heavy atom. The summed E-state index contributed by atoms with van der Waals surface area (Å²) in [6.45, 7) is 8.02. The van der Waals surface area contributed by atoms with Crippen molar-refractivity contribution in [2.75, 3.05) is 33.4 Å². The summed E-state index contributed by atoms with van der Waals surface area (Å²) >= 11 is 0. The van der Waals surface area contributed by atoms with Gasteiger partial charge in [0.15, 0.2) is 5.96 Å². The van der Waals surface area contributed by atoms with Gasteiger partial charge in [0.25, 0.3) is 0 Å². The monoisotopic (exact) mass is 347 g/mol. The van der Waals surface area contributed by atoms with Gasteiger partial charge in [-0.25, -0.2) is 4.99 Å². The highest BCUT2D eigenvalue weighted by atomic mass is 16.5. The summed E-state index contributed by atoms with van der Waals surface area (Å²) in [5.74, 6) is 2.74. The second-order valence-electron chi connectivity index (χ2n) is 6.66. The Hall–Kier alpha value is -1.75. The van der Waals surface area contributed by atoms with Crippen molar-refractivity contribution in [3.05, 3.63) is 29.3 Å². The topological polar surface area (TPSA) is 54.9 Å². The average molecular weight is 348 g/mol. The number of hydrogen-bond donors (Lipinski definition) is 2. The number of hydrogen-bond acceptors (Lipinski definition) is 3. The van der Waals surface area contributed by atoms with Gasteiger partial charge in [-0.2, -0.15) is 0 Å². The zero-order valence-electron chi connectivity index (χ0n) is 15.9. The minimum atomic E-state index is 0.610. The molecule has 0 atom stereocenters. The molecule has 140 valence electrons. The van der Waals surface area contributed by atoms with Crippen LogP contribution in [0.5, 0.6) is 5.75 Å². The molecule has 5 nitrogen and oxygen atoms in total. The van der Waals surface area contributed by atoms with E-state index in [1.165, 1.54) is 24.8 Å². The van der Waals surface area contributed by atoms with E-state index in [0.29, 0.717) is 13.2 Å². The molecule has 5 heteroatoms. The van der Waals surface area contributed by atoms with E-state index in [2.05, 4.69) is 42.7 Å². The lowest BCUT2D eigenvalue weighted by Gasteiger charge is -2.13. The average Bonchev–Trinajstić information content (AvgIpc) is 3.42. The first-order chi connectivity index (χ1) is 12.2. The molecule has 1 aromatic carbocycles. The quantitative estimate of drug-likeness (QED) is 0.366. The number of aliphatic imine (C=N–C) groups is 1. The molecular formula is C20H33N3O2. The first kappa shape index (κ1) is 19.6. The lowest BCUT2D eigenvalue weighted by atomic mass is 10.1. The number of benzene rings is 1. The van der Waals surface area contributed by atoms with Crippen LogP contribution in [0.1, 0.15) is 43.7 Å². The predicted molar refractivity (Wildman–Crippen MR) is 103 cm³/mol. The van der Waals surface area contributed by atoms with Gasteiger partial charge < -0.3 is 20.1 Å². The lowest BCUT2D eigenvalue weighted by Crippen LogP contribution is -2.37. The van der Waals surface area contributed by atoms with Gasteiger partial charge in [0.2, 0.25) is 0 Å². The number of nitrogens with zero attached hydrogens (tertiary/aromatic N) is 1. The van der Waals surface area contributed by atoms with E-state index in [1.54, 1.807) is 7.11 Å². The Morgan fingerprint density at radius 1 is 1.24 bits per heavy atom. The summed E-state index contributed by atoms with van der Waals surface area (Å²) < 4.78 is 11.0. The maximum atomic E-state index is 5.94.